The molecule has 5 N–H and O–H groups in total. The van der Waals surface area contributed by atoms with Gasteiger partial charge in [-0.3, -0.25) is 24.4 Å². The normalized spacial score (nSPS) is 18.3. The summed E-state index contributed by atoms with van der Waals surface area (Å²) in [7, 11) is 0. The number of carboxylic acid groups (broad SMARTS) is 2. The van der Waals surface area contributed by atoms with Crippen molar-refractivity contribution in [3.63, 3.8) is 0 Å². The van der Waals surface area contributed by atoms with Gasteiger partial charge in [0.25, 0.3) is 0 Å². The average molecular weight is 475 g/mol. The molecule has 2 aromatic rings. The van der Waals surface area contributed by atoms with Crippen LogP contribution in [0.25, 0.3) is 0 Å². The Kier molecular flexibility index (Phi) is 11.4. The minimum absolute atomic E-state index is 0. The van der Waals surface area contributed by atoms with Crippen molar-refractivity contribution in [2.24, 2.45) is 0 Å². The molecular weight excluding hydrogens is 446 g/mol. The van der Waals surface area contributed by atoms with Gasteiger partial charge in [0, 0.05) is 37.6 Å². The molecule has 0 amide bonds. The van der Waals surface area contributed by atoms with Crippen molar-refractivity contribution in [2.45, 2.75) is 50.9 Å². The molecule has 0 saturated heterocycles. The summed E-state index contributed by atoms with van der Waals surface area (Å²) in [5.74, 6) is -1.80. The van der Waals surface area contributed by atoms with E-state index in [0.29, 0.717) is 13.1 Å². The summed E-state index contributed by atoms with van der Waals surface area (Å²) in [5, 5.41) is 18.9. The second-order valence-electron chi connectivity index (χ2n) is 7.40. The second kappa shape index (κ2) is 13.2. The number of nitrogens with zero attached hydrogens (tertiary/aromatic N) is 4. The number of imidazole rings is 1. The van der Waals surface area contributed by atoms with E-state index in [1.165, 1.54) is 0 Å². The molecule has 0 spiro atoms. The van der Waals surface area contributed by atoms with E-state index in [1.54, 1.807) is 18.7 Å². The topological polar surface area (TPSA) is 154 Å². The maximum Gasteiger partial charge on any atom is 2.00 e. The molecule has 3 rings (SSSR count). The number of pyridine rings is 1. The van der Waals surface area contributed by atoms with Gasteiger partial charge in [-0.2, -0.15) is 0 Å². The maximum atomic E-state index is 11.6. The van der Waals surface area contributed by atoms with Crippen LogP contribution in [0.15, 0.2) is 36.9 Å². The van der Waals surface area contributed by atoms with Gasteiger partial charge < -0.3 is 20.7 Å². The number of hydrogen-bond acceptors (Lipinski definition) is 6. The van der Waals surface area contributed by atoms with E-state index in [-0.39, 0.29) is 47.7 Å². The molecule has 31 heavy (non-hydrogen) atoms. The molecule has 2 heterocycles. The number of carbonyl (C=O) groups is 2. The van der Waals surface area contributed by atoms with E-state index < -0.39 is 11.9 Å². The fourth-order valence-corrected chi connectivity index (χ4v) is 4.16. The Morgan fingerprint density at radius 2 is 1.55 bits per heavy atom. The van der Waals surface area contributed by atoms with Gasteiger partial charge in [0.1, 0.15) is 0 Å². The summed E-state index contributed by atoms with van der Waals surface area (Å²) in [5.41, 5.74) is 1.57. The maximum absolute atomic E-state index is 11.6. The van der Waals surface area contributed by atoms with Crippen LogP contribution in [0.5, 0.6) is 0 Å². The van der Waals surface area contributed by atoms with Crippen LogP contribution >= 0.6 is 0 Å². The van der Waals surface area contributed by atoms with E-state index in [0.717, 1.165) is 37.1 Å². The molecule has 11 heteroatoms. The molecule has 10 nitrogen and oxygen atoms in total. The van der Waals surface area contributed by atoms with Gasteiger partial charge in [0.2, 0.25) is 0 Å². The van der Waals surface area contributed by atoms with Gasteiger partial charge in [-0.25, -0.2) is 4.98 Å². The fraction of sp³-hybridized carbons (Fsp3) is 0.500. The Morgan fingerprint density at radius 1 is 0.968 bits per heavy atom. The van der Waals surface area contributed by atoms with Gasteiger partial charge in [-0.1, -0.05) is 18.9 Å². The number of carboxylic acids is 2. The molecule has 0 bridgehead atoms. The zero-order valence-corrected chi connectivity index (χ0v) is 18.2. The second-order valence-corrected chi connectivity index (χ2v) is 7.40. The van der Waals surface area contributed by atoms with Gasteiger partial charge in [-0.15, -0.1) is 0 Å². The number of nitrogens with one attached hydrogen (secondary N) is 1. The Bertz CT molecular complexity index is 793. The minimum atomic E-state index is -0.903. The fourth-order valence-electron chi connectivity index (χ4n) is 4.16. The molecule has 1 aliphatic rings. The summed E-state index contributed by atoms with van der Waals surface area (Å²) in [6.07, 6.45) is 8.65. The van der Waals surface area contributed by atoms with Gasteiger partial charge in [0.15, 0.2) is 0 Å². The monoisotopic (exact) mass is 475 g/mol. The number of aromatic amines is 1. The van der Waals surface area contributed by atoms with Crippen molar-refractivity contribution >= 4 is 11.9 Å². The van der Waals surface area contributed by atoms with Gasteiger partial charge in [0.05, 0.1) is 30.8 Å². The smallest absolute Gasteiger partial charge is 0.480 e. The Labute approximate surface area is 191 Å². The quantitative estimate of drug-likeness (QED) is 0.426. The zero-order valence-electron chi connectivity index (χ0n) is 17.1. The summed E-state index contributed by atoms with van der Waals surface area (Å²) in [4.78, 5) is 38.4. The SMILES string of the molecule is O.O=C(O)CN(Cc1c[nH]cn1)C1CCCC[C@@H]1N(CC(=O)O)Cc1ccccn1.[Fe+2]. The molecule has 0 radical (unpaired) electrons. The van der Waals surface area contributed by atoms with E-state index in [2.05, 4.69) is 15.0 Å². The predicted octanol–water partition coefficient (Wildman–Crippen LogP) is 0.762. The van der Waals surface area contributed by atoms with Crippen LogP contribution < -0.4 is 0 Å². The molecule has 1 saturated carbocycles. The van der Waals surface area contributed by atoms with Gasteiger partial charge in [-0.05, 0) is 25.0 Å². The molecule has 1 fully saturated rings. The third-order valence-corrected chi connectivity index (χ3v) is 5.32. The number of aliphatic carboxylic acids is 2. The zero-order chi connectivity index (χ0) is 20.6. The van der Waals surface area contributed by atoms with Crippen molar-refractivity contribution < 1.29 is 42.3 Å². The molecule has 170 valence electrons. The van der Waals surface area contributed by atoms with Crippen molar-refractivity contribution in [3.8, 4) is 0 Å². The van der Waals surface area contributed by atoms with Crippen LogP contribution in [-0.4, -0.2) is 77.6 Å². The largest absolute Gasteiger partial charge is 2.00 e. The third kappa shape index (κ3) is 8.04. The Balaban J connectivity index is 0.00000240. The average Bonchev–Trinajstić information content (AvgIpc) is 3.20. The molecule has 2 aromatic heterocycles. The van der Waals surface area contributed by atoms with Crippen LogP contribution in [0.3, 0.4) is 0 Å². The van der Waals surface area contributed by atoms with Crippen molar-refractivity contribution in [3.05, 3.63) is 48.3 Å². The molecule has 1 aliphatic carbocycles. The third-order valence-electron chi connectivity index (χ3n) is 5.32. The number of H-pyrrole nitrogens is 1. The first-order chi connectivity index (χ1) is 14.0. The Hall–Kier alpha value is -2.30. The molecule has 1 unspecified atom stereocenters. The van der Waals surface area contributed by atoms with E-state index >= 15 is 0 Å². The molecule has 0 aromatic carbocycles. The van der Waals surface area contributed by atoms with E-state index in [4.69, 9.17) is 0 Å². The number of rotatable bonds is 10. The van der Waals surface area contributed by atoms with Crippen LogP contribution in [0.2, 0.25) is 0 Å². The van der Waals surface area contributed by atoms with Crippen LogP contribution in [0.4, 0.5) is 0 Å². The van der Waals surface area contributed by atoms with Crippen molar-refractivity contribution in [1.82, 2.24) is 24.8 Å². The van der Waals surface area contributed by atoms with E-state index in [9.17, 15) is 19.8 Å². The van der Waals surface area contributed by atoms with Crippen molar-refractivity contribution in [2.75, 3.05) is 13.1 Å². The molecular formula is C20H29FeN5O5+2. The van der Waals surface area contributed by atoms with E-state index in [1.807, 2.05) is 28.0 Å². The number of aromatic nitrogens is 3. The first-order valence-electron chi connectivity index (χ1n) is 9.82. The summed E-state index contributed by atoms with van der Waals surface area (Å²) in [6, 6.07) is 5.45. The summed E-state index contributed by atoms with van der Waals surface area (Å²) in [6.45, 7) is 0.596. The summed E-state index contributed by atoms with van der Waals surface area (Å²) < 4.78 is 0. The Morgan fingerprint density at radius 3 is 2.00 bits per heavy atom. The number of hydrogen-bond donors (Lipinski definition) is 3. The van der Waals surface area contributed by atoms with Crippen LogP contribution in [0.1, 0.15) is 37.1 Å². The van der Waals surface area contributed by atoms with Crippen molar-refractivity contribution in [1.29, 1.82) is 0 Å². The first kappa shape index (κ1) is 26.7. The first-order valence-corrected chi connectivity index (χ1v) is 9.82. The van der Waals surface area contributed by atoms with Crippen LogP contribution in [0, 0.1) is 0 Å². The van der Waals surface area contributed by atoms with Crippen LogP contribution in [-0.2, 0) is 39.7 Å². The summed E-state index contributed by atoms with van der Waals surface area (Å²) >= 11 is 0. The minimum Gasteiger partial charge on any atom is -0.480 e. The standard InChI is InChI=1S/C20H27N5O4.Fe.H2O/c26-19(27)12-24(10-15-5-3-4-8-22-15)17-6-1-2-7-18(17)25(13-20(28)29)11-16-9-21-14-23-16;;/h3-5,8-9,14,17-18H,1-2,6-7,10-13H2,(H,21,23)(H,26,27)(H,28,29);;1H2/q;+2;/t17-,18?;;/m0../s1. The molecule has 2 atom stereocenters. The van der Waals surface area contributed by atoms with Gasteiger partial charge >= 0.3 is 29.0 Å². The predicted molar refractivity (Wildman–Crippen MR) is 109 cm³/mol. The molecule has 0 aliphatic heterocycles.